The van der Waals surface area contributed by atoms with Crippen molar-refractivity contribution in [3.8, 4) is 11.1 Å². The first-order valence-corrected chi connectivity index (χ1v) is 12.2. The summed E-state index contributed by atoms with van der Waals surface area (Å²) in [6, 6.07) is 15.1. The average molecular weight is 489 g/mol. The second-order valence-electron chi connectivity index (χ2n) is 9.32. The Kier molecular flexibility index (Phi) is 9.33. The van der Waals surface area contributed by atoms with Crippen LogP contribution < -0.4 is 16.8 Å². The van der Waals surface area contributed by atoms with Crippen molar-refractivity contribution in [3.63, 3.8) is 0 Å². The van der Waals surface area contributed by atoms with Gasteiger partial charge in [0.2, 0.25) is 5.91 Å². The molecule has 7 nitrogen and oxygen atoms in total. The number of pyridine rings is 1. The number of aromatic nitrogens is 1. The summed E-state index contributed by atoms with van der Waals surface area (Å²) in [5.74, 6) is -0.0806. The molecule has 5 N–H and O–H groups in total. The van der Waals surface area contributed by atoms with Crippen LogP contribution in [0.4, 0.5) is 0 Å². The molecule has 0 atom stereocenters. The first kappa shape index (κ1) is 27.0. The highest BCUT2D eigenvalue weighted by Crippen LogP contribution is 2.33. The number of nitrogens with two attached hydrogens (primary N) is 2. The number of hydrogen-bond donors (Lipinski definition) is 3. The Morgan fingerprint density at radius 1 is 0.944 bits per heavy atom. The lowest BCUT2D eigenvalue weighted by Gasteiger charge is -2.21. The summed E-state index contributed by atoms with van der Waals surface area (Å²) in [5.41, 5.74) is 20.1. The topological polar surface area (TPSA) is 120 Å². The van der Waals surface area contributed by atoms with E-state index < -0.39 is 5.97 Å². The highest BCUT2D eigenvalue weighted by Gasteiger charge is 2.21. The molecule has 0 saturated heterocycles. The molecule has 7 heteroatoms. The van der Waals surface area contributed by atoms with E-state index in [4.69, 9.17) is 21.2 Å². The van der Waals surface area contributed by atoms with Crippen molar-refractivity contribution in [2.75, 3.05) is 7.11 Å². The molecule has 0 spiro atoms. The lowest BCUT2D eigenvalue weighted by atomic mass is 9.88. The van der Waals surface area contributed by atoms with Crippen molar-refractivity contribution in [1.82, 2.24) is 10.3 Å². The number of ether oxygens (including phenoxy) is 1. The fourth-order valence-electron chi connectivity index (χ4n) is 4.29. The molecule has 36 heavy (non-hydrogen) atoms. The molecular weight excluding hydrogens is 452 g/mol. The molecule has 0 unspecified atom stereocenters. The number of carbonyl (C=O) groups is 2. The standard InChI is InChI=1S/C29H36N4O3/c1-18(2)13-26-25(16-31)28(22-9-5-20(15-30)6-10-22)24(19(3)33-26)14-27(34)32-17-21-7-11-23(12-8-21)29(35)36-4/h5-12,18H,13-17,30-31H2,1-4H3,(H,32,34). The number of esters is 1. The Morgan fingerprint density at radius 2 is 1.58 bits per heavy atom. The number of carbonyl (C=O) groups excluding carboxylic acids is 2. The Hall–Kier alpha value is -3.55. The average Bonchev–Trinajstić information content (AvgIpc) is 2.88. The summed E-state index contributed by atoms with van der Waals surface area (Å²) < 4.78 is 4.73. The molecule has 0 radical (unpaired) electrons. The smallest absolute Gasteiger partial charge is 0.337 e. The van der Waals surface area contributed by atoms with Crippen LogP contribution in [0.5, 0.6) is 0 Å². The second-order valence-corrected chi connectivity index (χ2v) is 9.32. The summed E-state index contributed by atoms with van der Waals surface area (Å²) in [5, 5.41) is 2.99. The summed E-state index contributed by atoms with van der Waals surface area (Å²) in [4.78, 5) is 29.6. The molecule has 0 saturated carbocycles. The summed E-state index contributed by atoms with van der Waals surface area (Å²) in [6.07, 6.45) is 0.997. The van der Waals surface area contributed by atoms with Gasteiger partial charge >= 0.3 is 5.97 Å². The first-order valence-electron chi connectivity index (χ1n) is 12.2. The highest BCUT2D eigenvalue weighted by atomic mass is 16.5. The van der Waals surface area contributed by atoms with Gasteiger partial charge in [0.25, 0.3) is 0 Å². The molecule has 0 fully saturated rings. The van der Waals surface area contributed by atoms with Crippen LogP contribution in [-0.4, -0.2) is 24.0 Å². The van der Waals surface area contributed by atoms with E-state index in [0.29, 0.717) is 31.1 Å². The van der Waals surface area contributed by atoms with Crippen LogP contribution in [0, 0.1) is 12.8 Å². The molecule has 3 rings (SSSR count). The number of aryl methyl sites for hydroxylation is 1. The Balaban J connectivity index is 1.90. The van der Waals surface area contributed by atoms with Gasteiger partial charge in [0.15, 0.2) is 0 Å². The summed E-state index contributed by atoms with van der Waals surface area (Å²) in [7, 11) is 1.35. The van der Waals surface area contributed by atoms with Crippen LogP contribution >= 0.6 is 0 Å². The van der Waals surface area contributed by atoms with Crippen LogP contribution in [0.25, 0.3) is 11.1 Å². The Labute approximate surface area is 213 Å². The minimum atomic E-state index is -0.391. The van der Waals surface area contributed by atoms with Crippen LogP contribution in [0.3, 0.4) is 0 Å². The number of rotatable bonds is 10. The molecule has 0 aliphatic heterocycles. The molecule has 2 aromatic carbocycles. The quantitative estimate of drug-likeness (QED) is 0.373. The van der Waals surface area contributed by atoms with E-state index in [1.807, 2.05) is 31.2 Å². The van der Waals surface area contributed by atoms with Crippen molar-refractivity contribution < 1.29 is 14.3 Å². The molecule has 190 valence electrons. The minimum absolute atomic E-state index is 0.114. The zero-order valence-electron chi connectivity index (χ0n) is 21.6. The summed E-state index contributed by atoms with van der Waals surface area (Å²) in [6.45, 7) is 7.43. The molecule has 0 aliphatic carbocycles. The molecule has 1 aromatic heterocycles. The number of nitrogens with zero attached hydrogens (tertiary/aromatic N) is 1. The SMILES string of the molecule is COC(=O)c1ccc(CNC(=O)Cc2c(C)nc(CC(C)C)c(CN)c2-c2ccc(CN)cc2)cc1. The zero-order chi connectivity index (χ0) is 26.2. The third-order valence-electron chi connectivity index (χ3n) is 6.18. The van der Waals surface area contributed by atoms with Crippen LogP contribution in [0.2, 0.25) is 0 Å². The van der Waals surface area contributed by atoms with Crippen molar-refractivity contribution in [3.05, 3.63) is 87.7 Å². The monoisotopic (exact) mass is 488 g/mol. The molecule has 1 amide bonds. The molecule has 0 aliphatic rings. The largest absolute Gasteiger partial charge is 0.465 e. The third-order valence-corrected chi connectivity index (χ3v) is 6.18. The maximum atomic E-state index is 13.0. The number of methoxy groups -OCH3 is 1. The number of hydrogen-bond acceptors (Lipinski definition) is 6. The molecule has 3 aromatic rings. The predicted octanol–water partition coefficient (Wildman–Crippen LogP) is 3.82. The predicted molar refractivity (Wildman–Crippen MR) is 142 cm³/mol. The van der Waals surface area contributed by atoms with Gasteiger partial charge in [-0.2, -0.15) is 0 Å². The van der Waals surface area contributed by atoms with Gasteiger partial charge in [0.05, 0.1) is 19.1 Å². The van der Waals surface area contributed by atoms with Crippen molar-refractivity contribution in [1.29, 1.82) is 0 Å². The van der Waals surface area contributed by atoms with Crippen molar-refractivity contribution >= 4 is 11.9 Å². The number of benzene rings is 2. The van der Waals surface area contributed by atoms with Crippen LogP contribution in [0.1, 0.15) is 57.8 Å². The molecule has 0 bridgehead atoms. The van der Waals surface area contributed by atoms with E-state index >= 15 is 0 Å². The Morgan fingerprint density at radius 3 is 2.14 bits per heavy atom. The van der Waals surface area contributed by atoms with E-state index in [1.165, 1.54) is 7.11 Å². The zero-order valence-corrected chi connectivity index (χ0v) is 21.6. The van der Waals surface area contributed by atoms with Gasteiger partial charge in [0.1, 0.15) is 0 Å². The number of nitrogens with one attached hydrogen (secondary N) is 1. The first-order chi connectivity index (χ1) is 17.3. The maximum Gasteiger partial charge on any atom is 0.337 e. The number of amides is 1. The fourth-order valence-corrected chi connectivity index (χ4v) is 4.29. The van der Waals surface area contributed by atoms with E-state index in [1.54, 1.807) is 24.3 Å². The van der Waals surface area contributed by atoms with Gasteiger partial charge in [0, 0.05) is 31.0 Å². The second kappa shape index (κ2) is 12.4. The molecular formula is C29H36N4O3. The molecule has 1 heterocycles. The lowest BCUT2D eigenvalue weighted by molar-refractivity contribution is -0.120. The van der Waals surface area contributed by atoms with Crippen molar-refractivity contribution in [2.24, 2.45) is 17.4 Å². The van der Waals surface area contributed by atoms with E-state index in [2.05, 4.69) is 19.2 Å². The van der Waals surface area contributed by atoms with E-state index in [9.17, 15) is 9.59 Å². The van der Waals surface area contributed by atoms with E-state index in [-0.39, 0.29) is 12.3 Å². The summed E-state index contributed by atoms with van der Waals surface area (Å²) >= 11 is 0. The maximum absolute atomic E-state index is 13.0. The van der Waals surface area contributed by atoms with Crippen LogP contribution in [0.15, 0.2) is 48.5 Å². The Bertz CT molecular complexity index is 1200. The van der Waals surface area contributed by atoms with Crippen LogP contribution in [-0.2, 0) is 42.0 Å². The fraction of sp³-hybridized carbons (Fsp3) is 0.345. The van der Waals surface area contributed by atoms with Gasteiger partial charge in [-0.05, 0) is 64.8 Å². The normalized spacial score (nSPS) is 11.0. The van der Waals surface area contributed by atoms with E-state index in [0.717, 1.165) is 51.2 Å². The third kappa shape index (κ3) is 6.56. The van der Waals surface area contributed by atoms with Gasteiger partial charge in [-0.3, -0.25) is 9.78 Å². The van der Waals surface area contributed by atoms with Crippen molar-refractivity contribution in [2.45, 2.75) is 53.2 Å². The minimum Gasteiger partial charge on any atom is -0.465 e. The lowest BCUT2D eigenvalue weighted by Crippen LogP contribution is -2.26. The van der Waals surface area contributed by atoms with Gasteiger partial charge in [-0.25, -0.2) is 4.79 Å². The van der Waals surface area contributed by atoms with Gasteiger partial charge in [-0.15, -0.1) is 0 Å². The van der Waals surface area contributed by atoms with Gasteiger partial charge < -0.3 is 21.5 Å². The van der Waals surface area contributed by atoms with Gasteiger partial charge in [-0.1, -0.05) is 50.2 Å². The highest BCUT2D eigenvalue weighted by molar-refractivity contribution is 5.89.